The molecule has 1 aromatic carbocycles. The molecule has 0 aliphatic carbocycles. The standard InChI is InChI=1S/C30H53NO3/c1-3-5-7-9-11-13-14-16-18-20-22-28(21-19-17-15-12-10-8-6-4-2)27-34-30-25-23-29(24-26-30)31(32)33/h23-26,28H,3-22,27H2,1-2H3. The van der Waals surface area contributed by atoms with Crippen molar-refractivity contribution in [3.05, 3.63) is 34.4 Å². The first kappa shape index (κ1) is 30.5. The largest absolute Gasteiger partial charge is 0.493 e. The molecule has 0 fully saturated rings. The third-order valence-electron chi connectivity index (χ3n) is 6.97. The molecule has 0 amide bonds. The van der Waals surface area contributed by atoms with Crippen molar-refractivity contribution in [1.29, 1.82) is 0 Å². The van der Waals surface area contributed by atoms with Crippen LogP contribution in [0.3, 0.4) is 0 Å². The lowest BCUT2D eigenvalue weighted by Gasteiger charge is -2.18. The lowest BCUT2D eigenvalue weighted by atomic mass is 9.94. The van der Waals surface area contributed by atoms with Gasteiger partial charge in [0, 0.05) is 12.1 Å². The zero-order valence-corrected chi connectivity index (χ0v) is 22.4. The first-order chi connectivity index (χ1) is 16.7. The van der Waals surface area contributed by atoms with Crippen LogP contribution in [-0.2, 0) is 0 Å². The fourth-order valence-electron chi connectivity index (χ4n) is 4.68. The van der Waals surface area contributed by atoms with E-state index in [0.717, 1.165) is 12.4 Å². The Labute approximate surface area is 210 Å². The molecule has 0 saturated heterocycles. The molecule has 0 aromatic heterocycles. The summed E-state index contributed by atoms with van der Waals surface area (Å²) >= 11 is 0. The molecule has 1 unspecified atom stereocenters. The Morgan fingerprint density at radius 3 is 1.41 bits per heavy atom. The van der Waals surface area contributed by atoms with Crippen molar-refractivity contribution < 1.29 is 9.66 Å². The summed E-state index contributed by atoms with van der Waals surface area (Å²) in [4.78, 5) is 10.5. The van der Waals surface area contributed by atoms with Crippen molar-refractivity contribution in [1.82, 2.24) is 0 Å². The summed E-state index contributed by atoms with van der Waals surface area (Å²) in [6, 6.07) is 6.52. The van der Waals surface area contributed by atoms with Crippen molar-refractivity contribution >= 4 is 5.69 Å². The molecule has 4 nitrogen and oxygen atoms in total. The topological polar surface area (TPSA) is 52.4 Å². The second-order valence-corrected chi connectivity index (χ2v) is 10.2. The van der Waals surface area contributed by atoms with Crippen LogP contribution in [0.2, 0.25) is 0 Å². The van der Waals surface area contributed by atoms with Crippen LogP contribution in [0.5, 0.6) is 5.75 Å². The van der Waals surface area contributed by atoms with Gasteiger partial charge in [-0.05, 0) is 30.9 Å². The SMILES string of the molecule is CCCCCCCCCCCCC(CCCCCCCCCC)COc1ccc([N+](=O)[O-])cc1. The molecular formula is C30H53NO3. The van der Waals surface area contributed by atoms with E-state index in [1.54, 1.807) is 12.1 Å². The molecule has 0 heterocycles. The first-order valence-corrected chi connectivity index (χ1v) is 14.5. The van der Waals surface area contributed by atoms with Gasteiger partial charge in [0.2, 0.25) is 0 Å². The first-order valence-electron chi connectivity index (χ1n) is 14.5. The van der Waals surface area contributed by atoms with Crippen molar-refractivity contribution in [2.45, 2.75) is 142 Å². The number of nitro benzene ring substituents is 1. The highest BCUT2D eigenvalue weighted by Gasteiger charge is 2.11. The van der Waals surface area contributed by atoms with Gasteiger partial charge in [0.05, 0.1) is 11.5 Å². The zero-order chi connectivity index (χ0) is 24.7. The molecule has 1 atom stereocenters. The average molecular weight is 476 g/mol. The van der Waals surface area contributed by atoms with Crippen LogP contribution < -0.4 is 4.74 Å². The number of rotatable bonds is 24. The minimum Gasteiger partial charge on any atom is -0.493 e. The third-order valence-corrected chi connectivity index (χ3v) is 6.97. The van der Waals surface area contributed by atoms with Gasteiger partial charge in [0.15, 0.2) is 0 Å². The quantitative estimate of drug-likeness (QED) is 0.0848. The molecule has 0 bridgehead atoms. The molecular weight excluding hydrogens is 422 g/mol. The second kappa shape index (κ2) is 21.9. The molecule has 4 heteroatoms. The fourth-order valence-corrected chi connectivity index (χ4v) is 4.68. The van der Waals surface area contributed by atoms with E-state index in [0.29, 0.717) is 5.92 Å². The molecule has 0 N–H and O–H groups in total. The molecule has 0 aliphatic rings. The summed E-state index contributed by atoms with van der Waals surface area (Å²) in [5.74, 6) is 1.33. The van der Waals surface area contributed by atoms with Crippen LogP contribution >= 0.6 is 0 Å². The normalized spacial score (nSPS) is 12.1. The Morgan fingerprint density at radius 2 is 1.03 bits per heavy atom. The number of ether oxygens (including phenoxy) is 1. The van der Waals surface area contributed by atoms with Gasteiger partial charge in [-0.2, -0.15) is 0 Å². The van der Waals surface area contributed by atoms with E-state index < -0.39 is 0 Å². The predicted octanol–water partition coefficient (Wildman–Crippen LogP) is 10.4. The van der Waals surface area contributed by atoms with Gasteiger partial charge in [0.25, 0.3) is 5.69 Å². The van der Waals surface area contributed by atoms with Gasteiger partial charge in [-0.3, -0.25) is 10.1 Å². The van der Waals surface area contributed by atoms with E-state index >= 15 is 0 Å². The van der Waals surface area contributed by atoms with E-state index in [1.807, 2.05) is 0 Å². The van der Waals surface area contributed by atoms with Crippen LogP contribution in [0, 0.1) is 16.0 Å². The molecule has 1 rings (SSSR count). The fraction of sp³-hybridized carbons (Fsp3) is 0.800. The summed E-state index contributed by atoms with van der Waals surface area (Å²) in [6.07, 6.45) is 27.0. The van der Waals surface area contributed by atoms with Gasteiger partial charge in [-0.1, -0.05) is 129 Å². The minimum absolute atomic E-state index is 0.119. The highest BCUT2D eigenvalue weighted by molar-refractivity contribution is 5.35. The van der Waals surface area contributed by atoms with E-state index in [2.05, 4.69) is 13.8 Å². The maximum atomic E-state index is 10.9. The van der Waals surface area contributed by atoms with Crippen LogP contribution in [0.25, 0.3) is 0 Å². The highest BCUT2D eigenvalue weighted by Crippen LogP contribution is 2.23. The average Bonchev–Trinajstić information content (AvgIpc) is 2.85. The monoisotopic (exact) mass is 475 g/mol. The van der Waals surface area contributed by atoms with Crippen molar-refractivity contribution in [2.24, 2.45) is 5.92 Å². The number of nitro groups is 1. The van der Waals surface area contributed by atoms with Gasteiger partial charge < -0.3 is 4.74 Å². The molecule has 196 valence electrons. The Hall–Kier alpha value is -1.58. The Morgan fingerprint density at radius 1 is 0.647 bits per heavy atom. The number of non-ortho nitro benzene ring substituents is 1. The van der Waals surface area contributed by atoms with Crippen LogP contribution in [-0.4, -0.2) is 11.5 Å². The van der Waals surface area contributed by atoms with Gasteiger partial charge in [0.1, 0.15) is 5.75 Å². The molecule has 0 radical (unpaired) electrons. The van der Waals surface area contributed by atoms with Gasteiger partial charge >= 0.3 is 0 Å². The molecule has 34 heavy (non-hydrogen) atoms. The van der Waals surface area contributed by atoms with E-state index in [1.165, 1.54) is 141 Å². The summed E-state index contributed by atoms with van der Waals surface area (Å²) in [5.41, 5.74) is 0.119. The molecule has 0 aliphatic heterocycles. The Balaban J connectivity index is 2.27. The van der Waals surface area contributed by atoms with Crippen molar-refractivity contribution in [3.8, 4) is 5.75 Å². The maximum absolute atomic E-state index is 10.9. The number of hydrogen-bond acceptors (Lipinski definition) is 3. The number of unbranched alkanes of at least 4 members (excludes halogenated alkanes) is 16. The highest BCUT2D eigenvalue weighted by atomic mass is 16.6. The smallest absolute Gasteiger partial charge is 0.269 e. The summed E-state index contributed by atoms with van der Waals surface area (Å²) in [5, 5.41) is 10.9. The van der Waals surface area contributed by atoms with Crippen LogP contribution in [0.15, 0.2) is 24.3 Å². The summed E-state index contributed by atoms with van der Waals surface area (Å²) < 4.78 is 6.05. The lowest BCUT2D eigenvalue weighted by Crippen LogP contribution is -2.12. The second-order valence-electron chi connectivity index (χ2n) is 10.2. The minimum atomic E-state index is -0.361. The molecule has 1 aromatic rings. The zero-order valence-electron chi connectivity index (χ0n) is 22.4. The molecule has 0 saturated carbocycles. The maximum Gasteiger partial charge on any atom is 0.269 e. The summed E-state index contributed by atoms with van der Waals surface area (Å²) in [6.45, 7) is 5.28. The van der Waals surface area contributed by atoms with Crippen molar-refractivity contribution in [3.63, 3.8) is 0 Å². The lowest BCUT2D eigenvalue weighted by molar-refractivity contribution is -0.384. The van der Waals surface area contributed by atoms with Crippen LogP contribution in [0.1, 0.15) is 142 Å². The van der Waals surface area contributed by atoms with E-state index in [-0.39, 0.29) is 10.6 Å². The van der Waals surface area contributed by atoms with E-state index in [9.17, 15) is 10.1 Å². The Kier molecular flexibility index (Phi) is 19.6. The number of nitrogens with zero attached hydrogens (tertiary/aromatic N) is 1. The van der Waals surface area contributed by atoms with Crippen LogP contribution in [0.4, 0.5) is 5.69 Å². The summed E-state index contributed by atoms with van der Waals surface area (Å²) in [7, 11) is 0. The number of hydrogen-bond donors (Lipinski definition) is 0. The predicted molar refractivity (Wildman–Crippen MR) is 146 cm³/mol. The van der Waals surface area contributed by atoms with Gasteiger partial charge in [-0.15, -0.1) is 0 Å². The third kappa shape index (κ3) is 16.9. The van der Waals surface area contributed by atoms with E-state index in [4.69, 9.17) is 4.74 Å². The Bertz CT molecular complexity index is 587. The van der Waals surface area contributed by atoms with Gasteiger partial charge in [-0.25, -0.2) is 0 Å². The number of benzene rings is 1. The molecule has 0 spiro atoms. The van der Waals surface area contributed by atoms with Crippen molar-refractivity contribution in [2.75, 3.05) is 6.61 Å².